The van der Waals surface area contributed by atoms with Gasteiger partial charge in [0.05, 0.1) is 23.5 Å². The molecule has 1 saturated heterocycles. The number of urea groups is 1. The van der Waals surface area contributed by atoms with Gasteiger partial charge in [-0.3, -0.25) is 9.47 Å². The second-order valence-electron chi connectivity index (χ2n) is 9.53. The first-order valence-electron chi connectivity index (χ1n) is 10.4. The molecule has 0 radical (unpaired) electrons. The Morgan fingerprint density at radius 2 is 2.00 bits per heavy atom. The number of anilines is 1. The van der Waals surface area contributed by atoms with Crippen molar-refractivity contribution in [1.82, 2.24) is 19.8 Å². The van der Waals surface area contributed by atoms with Crippen molar-refractivity contribution in [3.05, 3.63) is 41.7 Å². The SMILES string of the molecule is CC(C)(C)OC(=O)c1ncn2c1CN(C(=O)N1CCNCC1(C)C)c1c(F)cccc1-2. The van der Waals surface area contributed by atoms with Gasteiger partial charge in [-0.05, 0) is 46.8 Å². The molecule has 0 saturated carbocycles. The Morgan fingerprint density at radius 3 is 2.68 bits per heavy atom. The Balaban J connectivity index is 1.79. The highest BCUT2D eigenvalue weighted by atomic mass is 19.1. The molecule has 0 bridgehead atoms. The number of nitrogens with zero attached hydrogens (tertiary/aromatic N) is 4. The number of imidazole rings is 1. The Kier molecular flexibility index (Phi) is 5.04. The van der Waals surface area contributed by atoms with Gasteiger partial charge in [-0.15, -0.1) is 0 Å². The number of esters is 1. The van der Waals surface area contributed by atoms with Gasteiger partial charge in [0.15, 0.2) is 5.69 Å². The van der Waals surface area contributed by atoms with Crippen LogP contribution in [-0.2, 0) is 11.3 Å². The van der Waals surface area contributed by atoms with E-state index in [-0.39, 0.29) is 24.0 Å². The van der Waals surface area contributed by atoms with Gasteiger partial charge in [-0.25, -0.2) is 19.0 Å². The van der Waals surface area contributed by atoms with E-state index in [9.17, 15) is 14.0 Å². The van der Waals surface area contributed by atoms with Gasteiger partial charge in [0, 0.05) is 19.6 Å². The molecule has 2 aromatic rings. The van der Waals surface area contributed by atoms with Gasteiger partial charge < -0.3 is 15.0 Å². The lowest BCUT2D eigenvalue weighted by molar-refractivity contribution is 0.00618. The highest BCUT2D eigenvalue weighted by molar-refractivity contribution is 5.97. The monoisotopic (exact) mass is 429 g/mol. The summed E-state index contributed by atoms with van der Waals surface area (Å²) in [4.78, 5) is 33.8. The molecular weight excluding hydrogens is 401 g/mol. The molecule has 0 unspecified atom stereocenters. The summed E-state index contributed by atoms with van der Waals surface area (Å²) in [6.07, 6.45) is 1.48. The van der Waals surface area contributed by atoms with Crippen molar-refractivity contribution < 1.29 is 18.7 Å². The number of rotatable bonds is 1. The van der Waals surface area contributed by atoms with Crippen molar-refractivity contribution in [3.8, 4) is 5.69 Å². The first-order chi connectivity index (χ1) is 14.5. The minimum absolute atomic E-state index is 0.0152. The normalized spacial score (nSPS) is 17.7. The summed E-state index contributed by atoms with van der Waals surface area (Å²) in [6, 6.07) is 4.32. The Bertz CT molecular complexity index is 1040. The third-order valence-electron chi connectivity index (χ3n) is 5.52. The zero-order chi connectivity index (χ0) is 22.6. The molecule has 2 amide bonds. The second-order valence-corrected chi connectivity index (χ2v) is 9.53. The number of carbonyl (C=O) groups excluding carboxylic acids is 2. The number of piperazine rings is 1. The maximum absolute atomic E-state index is 15.0. The van der Waals surface area contributed by atoms with E-state index in [0.29, 0.717) is 31.0 Å². The molecule has 4 rings (SSSR count). The van der Waals surface area contributed by atoms with E-state index in [4.69, 9.17) is 4.74 Å². The lowest BCUT2D eigenvalue weighted by Gasteiger charge is -2.45. The second kappa shape index (κ2) is 7.33. The van der Waals surface area contributed by atoms with Gasteiger partial charge in [-0.1, -0.05) is 6.07 Å². The average molecular weight is 429 g/mol. The molecule has 1 aromatic heterocycles. The maximum atomic E-state index is 15.0. The van der Waals surface area contributed by atoms with Crippen LogP contribution in [0, 0.1) is 5.82 Å². The topological polar surface area (TPSA) is 79.7 Å². The third-order valence-corrected chi connectivity index (χ3v) is 5.52. The molecule has 0 spiro atoms. The number of nitrogens with one attached hydrogen (secondary N) is 1. The van der Waals surface area contributed by atoms with Crippen LogP contribution in [0.3, 0.4) is 0 Å². The number of carbonyl (C=O) groups is 2. The number of halogens is 1. The van der Waals surface area contributed by atoms with Gasteiger partial charge in [0.2, 0.25) is 0 Å². The fourth-order valence-electron chi connectivity index (χ4n) is 4.07. The molecule has 8 nitrogen and oxygen atoms in total. The molecule has 2 aliphatic rings. The Labute approximate surface area is 181 Å². The Hall–Kier alpha value is -2.94. The largest absolute Gasteiger partial charge is 0.455 e. The van der Waals surface area contributed by atoms with Crippen LogP contribution in [0.5, 0.6) is 0 Å². The van der Waals surface area contributed by atoms with Gasteiger partial charge in [0.1, 0.15) is 23.4 Å². The number of fused-ring (bicyclic) bond motifs is 3. The molecule has 3 heterocycles. The smallest absolute Gasteiger partial charge is 0.359 e. The van der Waals surface area contributed by atoms with E-state index in [1.165, 1.54) is 17.3 Å². The molecule has 0 aliphatic carbocycles. The van der Waals surface area contributed by atoms with E-state index < -0.39 is 22.9 Å². The molecule has 0 atom stereocenters. The minimum Gasteiger partial charge on any atom is -0.455 e. The highest BCUT2D eigenvalue weighted by Crippen LogP contribution is 2.37. The van der Waals surface area contributed by atoms with Gasteiger partial charge >= 0.3 is 12.0 Å². The summed E-state index contributed by atoms with van der Waals surface area (Å²) in [5.74, 6) is -1.08. The Morgan fingerprint density at radius 1 is 1.26 bits per heavy atom. The van der Waals surface area contributed by atoms with E-state index >= 15 is 0 Å². The van der Waals surface area contributed by atoms with Crippen molar-refractivity contribution >= 4 is 17.7 Å². The summed E-state index contributed by atoms with van der Waals surface area (Å²) in [5.41, 5.74) is 0.141. The van der Waals surface area contributed by atoms with Crippen molar-refractivity contribution in [2.24, 2.45) is 0 Å². The molecule has 2 aliphatic heterocycles. The number of para-hydroxylation sites is 1. The van der Waals surface area contributed by atoms with Crippen molar-refractivity contribution in [2.75, 3.05) is 24.5 Å². The standard InChI is InChI=1S/C22H28FN5O3/c1-21(2,3)31-19(29)17-16-11-26(20(30)28-10-9-24-12-22(28,4)5)18-14(23)7-6-8-15(18)27(16)13-25-17/h6-8,13,24H,9-12H2,1-5H3. The maximum Gasteiger partial charge on any atom is 0.359 e. The number of hydrogen-bond donors (Lipinski definition) is 1. The highest BCUT2D eigenvalue weighted by Gasteiger charge is 2.40. The lowest BCUT2D eigenvalue weighted by Crippen LogP contribution is -2.63. The van der Waals surface area contributed by atoms with Crippen molar-refractivity contribution in [3.63, 3.8) is 0 Å². The molecular formula is C22H28FN5O3. The van der Waals surface area contributed by atoms with E-state index in [0.717, 1.165) is 0 Å². The first kappa shape index (κ1) is 21.3. The molecule has 9 heteroatoms. The van der Waals surface area contributed by atoms with Crippen molar-refractivity contribution in [2.45, 2.75) is 52.3 Å². The number of hydrogen-bond acceptors (Lipinski definition) is 5. The lowest BCUT2D eigenvalue weighted by atomic mass is 10.0. The van der Waals surface area contributed by atoms with Gasteiger partial charge in [0.25, 0.3) is 0 Å². The number of aromatic nitrogens is 2. The molecule has 1 aromatic carbocycles. The molecule has 31 heavy (non-hydrogen) atoms. The summed E-state index contributed by atoms with van der Waals surface area (Å²) in [5, 5.41) is 3.29. The van der Waals surface area contributed by atoms with Crippen LogP contribution < -0.4 is 10.2 Å². The van der Waals surface area contributed by atoms with Crippen LogP contribution in [0.2, 0.25) is 0 Å². The third kappa shape index (κ3) is 3.78. The summed E-state index contributed by atoms with van der Waals surface area (Å²) in [6.45, 7) is 11.1. The zero-order valence-corrected chi connectivity index (χ0v) is 18.5. The molecule has 1 fully saturated rings. The predicted octanol–water partition coefficient (Wildman–Crippen LogP) is 3.09. The summed E-state index contributed by atoms with van der Waals surface area (Å²) >= 11 is 0. The van der Waals surface area contributed by atoms with Crippen LogP contribution in [-0.4, -0.2) is 57.2 Å². The van der Waals surface area contributed by atoms with Crippen LogP contribution in [0.25, 0.3) is 5.69 Å². The minimum atomic E-state index is -0.688. The fourth-order valence-corrected chi connectivity index (χ4v) is 4.07. The average Bonchev–Trinajstić information content (AvgIpc) is 3.10. The molecule has 166 valence electrons. The fraction of sp³-hybridized carbons (Fsp3) is 0.500. The van der Waals surface area contributed by atoms with Gasteiger partial charge in [-0.2, -0.15) is 0 Å². The van der Waals surface area contributed by atoms with Crippen LogP contribution in [0.4, 0.5) is 14.9 Å². The molecule has 1 N–H and O–H groups in total. The summed E-state index contributed by atoms with van der Waals surface area (Å²) < 4.78 is 22.1. The van der Waals surface area contributed by atoms with E-state index in [1.807, 2.05) is 13.8 Å². The van der Waals surface area contributed by atoms with Crippen molar-refractivity contribution in [1.29, 1.82) is 0 Å². The first-order valence-corrected chi connectivity index (χ1v) is 10.4. The number of ether oxygens (including phenoxy) is 1. The van der Waals surface area contributed by atoms with E-state index in [1.54, 1.807) is 42.4 Å². The quantitative estimate of drug-likeness (QED) is 0.705. The number of amides is 2. The summed E-state index contributed by atoms with van der Waals surface area (Å²) in [7, 11) is 0. The predicted molar refractivity (Wildman–Crippen MR) is 114 cm³/mol. The van der Waals surface area contributed by atoms with E-state index in [2.05, 4.69) is 10.3 Å². The number of benzene rings is 1. The van der Waals surface area contributed by atoms with Crippen LogP contribution >= 0.6 is 0 Å². The van der Waals surface area contributed by atoms with Crippen LogP contribution in [0.15, 0.2) is 24.5 Å². The zero-order valence-electron chi connectivity index (χ0n) is 18.5. The van der Waals surface area contributed by atoms with Crippen LogP contribution in [0.1, 0.15) is 50.8 Å².